The van der Waals surface area contributed by atoms with Gasteiger partial charge in [0.05, 0.1) is 5.92 Å². The normalized spacial score (nSPS) is 26.6. The van der Waals surface area contributed by atoms with Crippen LogP contribution in [0, 0.1) is 5.92 Å². The Bertz CT molecular complexity index is 352. The van der Waals surface area contributed by atoms with E-state index in [0.29, 0.717) is 6.54 Å². The van der Waals surface area contributed by atoms with Gasteiger partial charge >= 0.3 is 5.97 Å². The van der Waals surface area contributed by atoms with Gasteiger partial charge in [0.1, 0.15) is 0 Å². The lowest BCUT2D eigenvalue weighted by Gasteiger charge is -2.13. The van der Waals surface area contributed by atoms with Crippen LogP contribution in [0.2, 0.25) is 0 Å². The fourth-order valence-corrected chi connectivity index (χ4v) is 3.48. The van der Waals surface area contributed by atoms with Crippen LogP contribution in [0.15, 0.2) is 15.2 Å². The molecule has 3 nitrogen and oxygen atoms in total. The zero-order valence-corrected chi connectivity index (χ0v) is 9.77. The van der Waals surface area contributed by atoms with Crippen molar-refractivity contribution in [1.29, 1.82) is 0 Å². The lowest BCUT2D eigenvalue weighted by Crippen LogP contribution is -2.20. The smallest absolute Gasteiger partial charge is 0.308 e. The van der Waals surface area contributed by atoms with E-state index < -0.39 is 5.97 Å². The number of carbonyl (C=O) groups is 1. The topological polar surface area (TPSA) is 49.3 Å². The van der Waals surface area contributed by atoms with Gasteiger partial charge in [0.15, 0.2) is 0 Å². The average molecular weight is 276 g/mol. The summed E-state index contributed by atoms with van der Waals surface area (Å²) in [5.41, 5.74) is 1.12. The van der Waals surface area contributed by atoms with Crippen LogP contribution in [0.5, 0.6) is 0 Å². The number of aliphatic carboxylic acids is 1. The highest BCUT2D eigenvalue weighted by Crippen LogP contribution is 2.35. The molecule has 0 spiro atoms. The zero-order valence-electron chi connectivity index (χ0n) is 7.37. The van der Waals surface area contributed by atoms with E-state index in [9.17, 15) is 4.79 Å². The van der Waals surface area contributed by atoms with Crippen LogP contribution in [0.1, 0.15) is 11.5 Å². The van der Waals surface area contributed by atoms with Crippen molar-refractivity contribution in [2.45, 2.75) is 5.92 Å². The molecule has 1 aromatic rings. The number of halogens is 1. The number of hydrogen-bond acceptors (Lipinski definition) is 3. The number of nitrogens with one attached hydrogen (secondary N) is 1. The predicted octanol–water partition coefficient (Wildman–Crippen LogP) is 1.90. The minimum atomic E-state index is -0.710. The second-order valence-corrected chi connectivity index (χ2v) is 4.98. The van der Waals surface area contributed by atoms with Gasteiger partial charge in [-0.3, -0.25) is 4.79 Å². The van der Waals surface area contributed by atoms with Gasteiger partial charge in [-0.25, -0.2) is 0 Å². The molecule has 2 N–H and O–H groups in total. The minimum absolute atomic E-state index is 0.105. The summed E-state index contributed by atoms with van der Waals surface area (Å²) in [6.07, 6.45) is 0. The van der Waals surface area contributed by atoms with Crippen molar-refractivity contribution in [3.63, 3.8) is 0 Å². The number of thiophene rings is 1. The molecule has 1 aliphatic rings. The molecule has 1 aromatic heterocycles. The van der Waals surface area contributed by atoms with E-state index >= 15 is 0 Å². The Kier molecular flexibility index (Phi) is 2.90. The molecular weight excluding hydrogens is 266 g/mol. The molecule has 0 radical (unpaired) electrons. The van der Waals surface area contributed by atoms with Gasteiger partial charge in [0, 0.05) is 28.9 Å². The molecule has 76 valence electrons. The molecule has 0 saturated carbocycles. The van der Waals surface area contributed by atoms with Crippen LogP contribution in [0.4, 0.5) is 0 Å². The molecule has 1 aliphatic heterocycles. The first-order valence-corrected chi connectivity index (χ1v) is 6.09. The van der Waals surface area contributed by atoms with E-state index in [1.807, 2.05) is 10.8 Å². The SMILES string of the molecule is O=C(O)C1CNCC1c1cscc1Br. The molecule has 2 rings (SSSR count). The van der Waals surface area contributed by atoms with Crippen molar-refractivity contribution in [3.8, 4) is 0 Å². The van der Waals surface area contributed by atoms with Crippen LogP contribution < -0.4 is 5.32 Å². The highest BCUT2D eigenvalue weighted by Gasteiger charge is 2.35. The number of carboxylic acid groups (broad SMARTS) is 1. The van der Waals surface area contributed by atoms with E-state index in [4.69, 9.17) is 5.11 Å². The molecule has 14 heavy (non-hydrogen) atoms. The van der Waals surface area contributed by atoms with Gasteiger partial charge in [0.25, 0.3) is 0 Å². The first-order chi connectivity index (χ1) is 6.70. The summed E-state index contributed by atoms with van der Waals surface area (Å²) in [5, 5.41) is 16.2. The van der Waals surface area contributed by atoms with E-state index in [1.165, 1.54) is 0 Å². The van der Waals surface area contributed by atoms with Gasteiger partial charge in [0.2, 0.25) is 0 Å². The van der Waals surface area contributed by atoms with E-state index in [1.54, 1.807) is 11.3 Å². The van der Waals surface area contributed by atoms with E-state index in [2.05, 4.69) is 21.2 Å². The van der Waals surface area contributed by atoms with E-state index in [0.717, 1.165) is 16.6 Å². The van der Waals surface area contributed by atoms with Crippen molar-refractivity contribution >= 4 is 33.2 Å². The first-order valence-electron chi connectivity index (χ1n) is 4.35. The third-order valence-electron chi connectivity index (χ3n) is 2.57. The Balaban J connectivity index is 2.26. The summed E-state index contributed by atoms with van der Waals surface area (Å²) in [4.78, 5) is 11.0. The summed E-state index contributed by atoms with van der Waals surface area (Å²) >= 11 is 5.04. The van der Waals surface area contributed by atoms with Gasteiger partial charge < -0.3 is 10.4 Å². The molecule has 2 unspecified atom stereocenters. The van der Waals surface area contributed by atoms with Crippen molar-refractivity contribution in [1.82, 2.24) is 5.32 Å². The molecule has 1 saturated heterocycles. The second-order valence-electron chi connectivity index (χ2n) is 3.38. The maximum Gasteiger partial charge on any atom is 0.308 e. The molecule has 1 fully saturated rings. The minimum Gasteiger partial charge on any atom is -0.481 e. The Hall–Kier alpha value is -0.390. The quantitative estimate of drug-likeness (QED) is 0.867. The molecule has 2 atom stereocenters. The van der Waals surface area contributed by atoms with Crippen molar-refractivity contribution in [2.75, 3.05) is 13.1 Å². The number of hydrogen-bond donors (Lipinski definition) is 2. The zero-order chi connectivity index (χ0) is 10.1. The molecule has 0 aliphatic carbocycles. The van der Waals surface area contributed by atoms with E-state index in [-0.39, 0.29) is 11.8 Å². The second kappa shape index (κ2) is 4.00. The standard InChI is InChI=1S/C9H10BrNO2S/c10-8-4-14-3-7(8)5-1-11-2-6(5)9(12)13/h3-6,11H,1-2H2,(H,12,13). The maximum atomic E-state index is 11.0. The molecular formula is C9H10BrNO2S. The highest BCUT2D eigenvalue weighted by atomic mass is 79.9. The van der Waals surface area contributed by atoms with Gasteiger partial charge in [-0.15, -0.1) is 0 Å². The molecule has 0 bridgehead atoms. The average Bonchev–Trinajstić information content (AvgIpc) is 2.70. The molecule has 2 heterocycles. The van der Waals surface area contributed by atoms with Crippen LogP contribution in [-0.4, -0.2) is 24.2 Å². The number of rotatable bonds is 2. The Morgan fingerprint density at radius 2 is 2.36 bits per heavy atom. The fraction of sp³-hybridized carbons (Fsp3) is 0.444. The number of carboxylic acids is 1. The van der Waals surface area contributed by atoms with Crippen LogP contribution >= 0.6 is 27.3 Å². The Morgan fingerprint density at radius 3 is 2.93 bits per heavy atom. The largest absolute Gasteiger partial charge is 0.481 e. The fourth-order valence-electron chi connectivity index (χ4n) is 1.82. The molecule has 5 heteroatoms. The Labute approximate surface area is 94.3 Å². The summed E-state index contributed by atoms with van der Waals surface area (Å²) < 4.78 is 1.03. The van der Waals surface area contributed by atoms with Crippen LogP contribution in [0.3, 0.4) is 0 Å². The monoisotopic (exact) mass is 275 g/mol. The third-order valence-corrected chi connectivity index (χ3v) is 4.32. The molecule has 0 amide bonds. The first kappa shape index (κ1) is 10.1. The Morgan fingerprint density at radius 1 is 1.57 bits per heavy atom. The van der Waals surface area contributed by atoms with Gasteiger partial charge in [-0.05, 0) is 26.9 Å². The summed E-state index contributed by atoms with van der Waals surface area (Å²) in [6, 6.07) is 0. The van der Waals surface area contributed by atoms with Gasteiger partial charge in [-0.2, -0.15) is 11.3 Å². The lowest BCUT2D eigenvalue weighted by molar-refractivity contribution is -0.141. The van der Waals surface area contributed by atoms with Crippen LogP contribution in [0.25, 0.3) is 0 Å². The third kappa shape index (κ3) is 1.71. The summed E-state index contributed by atoms with van der Waals surface area (Å²) in [6.45, 7) is 1.33. The summed E-state index contributed by atoms with van der Waals surface area (Å²) in [7, 11) is 0. The predicted molar refractivity (Wildman–Crippen MR) is 58.8 cm³/mol. The van der Waals surface area contributed by atoms with Crippen molar-refractivity contribution in [2.24, 2.45) is 5.92 Å². The van der Waals surface area contributed by atoms with Crippen molar-refractivity contribution in [3.05, 3.63) is 20.8 Å². The maximum absolute atomic E-state index is 11.0. The van der Waals surface area contributed by atoms with Gasteiger partial charge in [-0.1, -0.05) is 0 Å². The van der Waals surface area contributed by atoms with Crippen LogP contribution in [-0.2, 0) is 4.79 Å². The van der Waals surface area contributed by atoms with Crippen molar-refractivity contribution < 1.29 is 9.90 Å². The molecule has 0 aromatic carbocycles. The highest BCUT2D eigenvalue weighted by molar-refractivity contribution is 9.10. The lowest BCUT2D eigenvalue weighted by atomic mass is 9.91. The summed E-state index contributed by atoms with van der Waals surface area (Å²) in [5.74, 6) is -0.896.